The lowest BCUT2D eigenvalue weighted by molar-refractivity contribution is 0.0694. The van der Waals surface area contributed by atoms with Crippen molar-refractivity contribution >= 4 is 5.97 Å². The summed E-state index contributed by atoms with van der Waals surface area (Å²) in [6, 6.07) is 1.68. The highest BCUT2D eigenvalue weighted by Crippen LogP contribution is 2.33. The van der Waals surface area contributed by atoms with E-state index in [1.165, 1.54) is 12.8 Å². The third kappa shape index (κ3) is 1.81. The maximum absolute atomic E-state index is 10.8. The summed E-state index contributed by atoms with van der Waals surface area (Å²) in [7, 11) is 0. The van der Waals surface area contributed by atoms with Gasteiger partial charge in [0.25, 0.3) is 0 Å². The van der Waals surface area contributed by atoms with Crippen LogP contribution in [-0.2, 0) is 12.8 Å². The van der Waals surface area contributed by atoms with Crippen molar-refractivity contribution in [2.24, 2.45) is 5.92 Å². The first-order valence-corrected chi connectivity index (χ1v) is 5.05. The van der Waals surface area contributed by atoms with Crippen LogP contribution in [0.2, 0.25) is 0 Å². The summed E-state index contributed by atoms with van der Waals surface area (Å²) in [4.78, 5) is 10.8. The van der Waals surface area contributed by atoms with Gasteiger partial charge in [0.15, 0.2) is 0 Å². The van der Waals surface area contributed by atoms with Gasteiger partial charge in [-0.05, 0) is 24.8 Å². The quantitative estimate of drug-likeness (QED) is 0.801. The number of hydrogen-bond acceptors (Lipinski definition) is 2. The Kier molecular flexibility index (Phi) is 2.32. The summed E-state index contributed by atoms with van der Waals surface area (Å²) >= 11 is 0. The predicted molar refractivity (Wildman–Crippen MR) is 51.5 cm³/mol. The Morgan fingerprint density at radius 2 is 2.36 bits per heavy atom. The molecule has 0 amide bonds. The van der Waals surface area contributed by atoms with Gasteiger partial charge in [0, 0.05) is 12.8 Å². The zero-order valence-corrected chi connectivity index (χ0v) is 8.25. The molecule has 1 aromatic heterocycles. The van der Waals surface area contributed by atoms with Crippen molar-refractivity contribution in [1.29, 1.82) is 0 Å². The van der Waals surface area contributed by atoms with Gasteiger partial charge in [-0.25, -0.2) is 4.79 Å². The van der Waals surface area contributed by atoms with Crippen LogP contribution in [0.5, 0.6) is 0 Å². The van der Waals surface area contributed by atoms with Crippen LogP contribution in [0.1, 0.15) is 41.6 Å². The van der Waals surface area contributed by atoms with Gasteiger partial charge in [0.2, 0.25) is 0 Å². The Hall–Kier alpha value is -1.25. The van der Waals surface area contributed by atoms with Gasteiger partial charge in [-0.3, -0.25) is 0 Å². The van der Waals surface area contributed by atoms with Gasteiger partial charge in [-0.1, -0.05) is 6.92 Å². The normalized spacial score (nSPS) is 15.8. The highest BCUT2D eigenvalue weighted by Gasteiger charge is 2.24. The van der Waals surface area contributed by atoms with Crippen LogP contribution in [0.15, 0.2) is 10.5 Å². The van der Waals surface area contributed by atoms with E-state index < -0.39 is 5.97 Å². The first-order chi connectivity index (χ1) is 6.70. The molecule has 0 radical (unpaired) electrons. The van der Waals surface area contributed by atoms with Crippen molar-refractivity contribution in [2.75, 3.05) is 0 Å². The fourth-order valence-electron chi connectivity index (χ4n) is 1.63. The van der Waals surface area contributed by atoms with E-state index in [9.17, 15) is 4.79 Å². The predicted octanol–water partition coefficient (Wildman–Crippen LogP) is 2.49. The number of rotatable bonds is 4. The second-order valence-corrected chi connectivity index (χ2v) is 3.86. The molecule has 3 heteroatoms. The van der Waals surface area contributed by atoms with Gasteiger partial charge in [-0.2, -0.15) is 0 Å². The molecule has 0 saturated heterocycles. The Labute approximate surface area is 82.7 Å². The molecule has 1 aliphatic carbocycles. The topological polar surface area (TPSA) is 50.4 Å². The summed E-state index contributed by atoms with van der Waals surface area (Å²) in [6.07, 6.45) is 4.06. The summed E-state index contributed by atoms with van der Waals surface area (Å²) in [6.45, 7) is 1.91. The van der Waals surface area contributed by atoms with Gasteiger partial charge >= 0.3 is 5.97 Å². The minimum absolute atomic E-state index is 0.336. The number of aryl methyl sites for hydroxylation is 1. The minimum Gasteiger partial charge on any atom is -0.478 e. The maximum Gasteiger partial charge on any atom is 0.339 e. The van der Waals surface area contributed by atoms with Gasteiger partial charge in [0.05, 0.1) is 0 Å². The zero-order chi connectivity index (χ0) is 10.1. The van der Waals surface area contributed by atoms with Crippen molar-refractivity contribution in [2.45, 2.75) is 32.6 Å². The smallest absolute Gasteiger partial charge is 0.339 e. The Bertz CT molecular complexity index is 347. The standard InChI is InChI=1S/C11H14O3/c1-2-10-9(11(12)13)6-8(14-10)5-7-3-4-7/h6-7H,2-5H2,1H3,(H,12,13). The van der Waals surface area contributed by atoms with E-state index in [4.69, 9.17) is 9.52 Å². The molecule has 1 saturated carbocycles. The molecule has 1 aromatic rings. The molecule has 14 heavy (non-hydrogen) atoms. The van der Waals surface area contributed by atoms with Crippen molar-refractivity contribution in [1.82, 2.24) is 0 Å². The lowest BCUT2D eigenvalue weighted by atomic mass is 10.2. The summed E-state index contributed by atoms with van der Waals surface area (Å²) in [5, 5.41) is 8.90. The Balaban J connectivity index is 2.20. The second kappa shape index (κ2) is 3.48. The molecular formula is C11H14O3. The lowest BCUT2D eigenvalue weighted by Crippen LogP contribution is -1.97. The fourth-order valence-corrected chi connectivity index (χ4v) is 1.63. The van der Waals surface area contributed by atoms with Gasteiger partial charge in [-0.15, -0.1) is 0 Å². The van der Waals surface area contributed by atoms with Crippen LogP contribution >= 0.6 is 0 Å². The molecule has 1 fully saturated rings. The van der Waals surface area contributed by atoms with E-state index >= 15 is 0 Å². The summed E-state index contributed by atoms with van der Waals surface area (Å²) in [5.74, 6) is 1.29. The monoisotopic (exact) mass is 194 g/mol. The molecule has 1 heterocycles. The highest BCUT2D eigenvalue weighted by molar-refractivity contribution is 5.88. The van der Waals surface area contributed by atoms with Crippen molar-refractivity contribution in [3.05, 3.63) is 23.2 Å². The first kappa shape index (κ1) is 9.31. The van der Waals surface area contributed by atoms with Crippen LogP contribution in [0.3, 0.4) is 0 Å². The minimum atomic E-state index is -0.882. The fraction of sp³-hybridized carbons (Fsp3) is 0.545. The first-order valence-electron chi connectivity index (χ1n) is 5.05. The molecule has 76 valence electrons. The van der Waals surface area contributed by atoms with Crippen molar-refractivity contribution < 1.29 is 14.3 Å². The molecule has 0 atom stereocenters. The van der Waals surface area contributed by atoms with E-state index in [2.05, 4.69) is 0 Å². The maximum atomic E-state index is 10.8. The molecule has 1 N–H and O–H groups in total. The SMILES string of the molecule is CCc1oc(CC2CC2)cc1C(=O)O. The molecule has 2 rings (SSSR count). The molecule has 0 unspecified atom stereocenters. The molecule has 0 spiro atoms. The highest BCUT2D eigenvalue weighted by atomic mass is 16.4. The van der Waals surface area contributed by atoms with Crippen LogP contribution < -0.4 is 0 Å². The van der Waals surface area contributed by atoms with Crippen LogP contribution in [0.25, 0.3) is 0 Å². The van der Waals surface area contributed by atoms with Crippen molar-refractivity contribution in [3.63, 3.8) is 0 Å². The van der Waals surface area contributed by atoms with Crippen LogP contribution in [0, 0.1) is 5.92 Å². The van der Waals surface area contributed by atoms with Gasteiger partial charge in [0.1, 0.15) is 17.1 Å². The average molecular weight is 194 g/mol. The molecular weight excluding hydrogens is 180 g/mol. The third-order valence-electron chi connectivity index (χ3n) is 2.60. The zero-order valence-electron chi connectivity index (χ0n) is 8.25. The number of hydrogen-bond donors (Lipinski definition) is 1. The molecule has 0 bridgehead atoms. The van der Waals surface area contributed by atoms with Crippen molar-refractivity contribution in [3.8, 4) is 0 Å². The molecule has 1 aliphatic rings. The van der Waals surface area contributed by atoms with E-state index in [0.29, 0.717) is 17.7 Å². The number of furan rings is 1. The molecule has 0 aliphatic heterocycles. The van der Waals surface area contributed by atoms with Crippen LogP contribution in [0.4, 0.5) is 0 Å². The number of carbonyl (C=O) groups is 1. The third-order valence-corrected chi connectivity index (χ3v) is 2.60. The largest absolute Gasteiger partial charge is 0.478 e. The molecule has 0 aromatic carbocycles. The number of aromatic carboxylic acids is 1. The number of carboxylic acid groups (broad SMARTS) is 1. The lowest BCUT2D eigenvalue weighted by Gasteiger charge is -1.92. The summed E-state index contributed by atoms with van der Waals surface area (Å²) in [5.41, 5.74) is 0.336. The Morgan fingerprint density at radius 3 is 2.79 bits per heavy atom. The van der Waals surface area contributed by atoms with E-state index in [0.717, 1.165) is 18.1 Å². The van der Waals surface area contributed by atoms with E-state index in [1.807, 2.05) is 6.92 Å². The van der Waals surface area contributed by atoms with E-state index in [1.54, 1.807) is 6.07 Å². The van der Waals surface area contributed by atoms with Gasteiger partial charge < -0.3 is 9.52 Å². The molecule has 3 nitrogen and oxygen atoms in total. The summed E-state index contributed by atoms with van der Waals surface area (Å²) < 4.78 is 5.50. The second-order valence-electron chi connectivity index (χ2n) is 3.86. The Morgan fingerprint density at radius 1 is 1.64 bits per heavy atom. The van der Waals surface area contributed by atoms with E-state index in [-0.39, 0.29) is 0 Å². The number of carboxylic acids is 1. The van der Waals surface area contributed by atoms with Crippen LogP contribution in [-0.4, -0.2) is 11.1 Å². The average Bonchev–Trinajstić information content (AvgIpc) is 2.83.